The molecule has 1 saturated heterocycles. The Bertz CT molecular complexity index is 1290. The zero-order chi connectivity index (χ0) is 27.8. The van der Waals surface area contributed by atoms with Crippen LogP contribution in [0.2, 0.25) is 10.0 Å². The van der Waals surface area contributed by atoms with Gasteiger partial charge in [0, 0.05) is 48.4 Å². The third-order valence-electron chi connectivity index (χ3n) is 6.29. The van der Waals surface area contributed by atoms with Crippen LogP contribution in [0.1, 0.15) is 31.9 Å². The maximum Gasteiger partial charge on any atom is 0.410 e. The van der Waals surface area contributed by atoms with Crippen LogP contribution in [-0.4, -0.2) is 79.7 Å². The fourth-order valence-corrected chi connectivity index (χ4v) is 5.62. The molecule has 0 unspecified atom stereocenters. The van der Waals surface area contributed by atoms with Crippen molar-refractivity contribution in [3.8, 4) is 33.8 Å². The fourth-order valence-electron chi connectivity index (χ4n) is 4.58. The second-order valence-electron chi connectivity index (χ2n) is 11.3. The van der Waals surface area contributed by atoms with Crippen LogP contribution in [0, 0.1) is 11.2 Å². The lowest BCUT2D eigenvalue weighted by Gasteiger charge is -2.40. The Labute approximate surface area is 237 Å². The maximum atomic E-state index is 12.7. The Morgan fingerprint density at radius 1 is 1.16 bits per heavy atom. The van der Waals surface area contributed by atoms with E-state index in [0.29, 0.717) is 65.5 Å². The molecule has 0 radical (unpaired) electrons. The largest absolute Gasteiger partial charge is 0.496 e. The summed E-state index contributed by atoms with van der Waals surface area (Å²) in [7, 11) is 0.519. The Morgan fingerprint density at radius 3 is 2.55 bits per heavy atom. The Hall–Kier alpha value is -2.24. The first-order chi connectivity index (χ1) is 17.8. The molecular formula is C29H36Cl2N2O4S. The number of ether oxygens (including phenoxy) is 3. The summed E-state index contributed by atoms with van der Waals surface area (Å²) in [4.78, 5) is 16.8. The minimum absolute atomic E-state index is 0.00610. The normalized spacial score (nSPS) is 18.2. The molecule has 2 aliphatic rings. The lowest BCUT2D eigenvalue weighted by Crippen LogP contribution is -2.56. The average Bonchev–Trinajstić information content (AvgIpc) is 3.00. The number of fused-ring (bicyclic) bond motifs is 2. The van der Waals surface area contributed by atoms with Crippen LogP contribution in [0.5, 0.6) is 11.5 Å². The van der Waals surface area contributed by atoms with Crippen molar-refractivity contribution < 1.29 is 19.0 Å². The van der Waals surface area contributed by atoms with Crippen molar-refractivity contribution in [1.29, 1.82) is 0 Å². The van der Waals surface area contributed by atoms with E-state index in [-0.39, 0.29) is 12.1 Å². The van der Waals surface area contributed by atoms with Crippen LogP contribution in [0.25, 0.3) is 11.1 Å². The van der Waals surface area contributed by atoms with Gasteiger partial charge in [-0.1, -0.05) is 35.2 Å². The number of benzene rings is 2. The van der Waals surface area contributed by atoms with Gasteiger partial charge in [0.2, 0.25) is 0 Å². The minimum atomic E-state index is -1.09. The number of piperazine rings is 1. The van der Waals surface area contributed by atoms with E-state index in [2.05, 4.69) is 40.9 Å². The molecule has 9 heteroatoms. The SMILES string of the molecule is COc1cccc(Cl)c1-c1c(C#CS(C)(C)C)cc2c(c1Cl)OC[C@H]1CN(C(=O)OC(C)(C)C)CCN1C2. The van der Waals surface area contributed by atoms with Crippen LogP contribution in [-0.2, 0) is 11.3 Å². The molecule has 206 valence electrons. The molecule has 38 heavy (non-hydrogen) atoms. The summed E-state index contributed by atoms with van der Waals surface area (Å²) in [6.45, 7) is 8.47. The van der Waals surface area contributed by atoms with Gasteiger partial charge in [-0.15, -0.1) is 0 Å². The standard InChI is InChI=1S/C29H36Cl2N2O4S/c1-29(2,3)37-28(34)33-13-12-32-16-20-15-19(11-14-38(5,6)7)24(25-22(30)9-8-10-23(25)35-4)26(31)27(20)36-18-21(32)17-33/h8-10,15,21H,12-13,16-18H2,1-7H3/t21-/m1/s1. The van der Waals surface area contributed by atoms with E-state index in [1.54, 1.807) is 12.0 Å². The van der Waals surface area contributed by atoms with Crippen LogP contribution < -0.4 is 9.47 Å². The highest BCUT2D eigenvalue weighted by Crippen LogP contribution is 2.48. The maximum absolute atomic E-state index is 12.7. The summed E-state index contributed by atoms with van der Waals surface area (Å²) < 4.78 is 17.6. The smallest absolute Gasteiger partial charge is 0.410 e. The molecule has 2 aliphatic heterocycles. The molecule has 1 amide bonds. The summed E-state index contributed by atoms with van der Waals surface area (Å²) in [5, 5.41) is 4.41. The van der Waals surface area contributed by atoms with Crippen molar-refractivity contribution in [2.75, 3.05) is 52.1 Å². The monoisotopic (exact) mass is 578 g/mol. The van der Waals surface area contributed by atoms with Crippen molar-refractivity contribution >= 4 is 39.3 Å². The molecule has 2 aromatic carbocycles. The lowest BCUT2D eigenvalue weighted by molar-refractivity contribution is -0.00154. The second kappa shape index (κ2) is 11.1. The fraction of sp³-hybridized carbons (Fsp3) is 0.483. The van der Waals surface area contributed by atoms with Gasteiger partial charge in [-0.3, -0.25) is 4.90 Å². The van der Waals surface area contributed by atoms with E-state index in [9.17, 15) is 4.79 Å². The number of rotatable bonds is 2. The summed E-state index contributed by atoms with van der Waals surface area (Å²) in [6, 6.07) is 7.60. The Balaban J connectivity index is 1.75. The second-order valence-corrected chi connectivity index (χ2v) is 16.0. The van der Waals surface area contributed by atoms with E-state index < -0.39 is 15.6 Å². The van der Waals surface area contributed by atoms with Gasteiger partial charge >= 0.3 is 6.09 Å². The van der Waals surface area contributed by atoms with Crippen molar-refractivity contribution in [3.05, 3.63) is 45.4 Å². The predicted molar refractivity (Wildman–Crippen MR) is 158 cm³/mol. The lowest BCUT2D eigenvalue weighted by atomic mass is 9.95. The van der Waals surface area contributed by atoms with Crippen LogP contribution in [0.3, 0.4) is 0 Å². The number of carbonyl (C=O) groups is 1. The molecule has 0 aromatic heterocycles. The highest BCUT2D eigenvalue weighted by molar-refractivity contribution is 8.35. The highest BCUT2D eigenvalue weighted by atomic mass is 35.5. The Morgan fingerprint density at radius 2 is 1.89 bits per heavy atom. The number of nitrogens with zero attached hydrogens (tertiary/aromatic N) is 2. The highest BCUT2D eigenvalue weighted by Gasteiger charge is 2.36. The zero-order valence-corrected chi connectivity index (χ0v) is 25.4. The average molecular weight is 580 g/mol. The molecule has 1 fully saturated rings. The quantitative estimate of drug-likeness (QED) is 0.381. The molecule has 2 aromatic rings. The molecule has 1 atom stereocenters. The van der Waals surface area contributed by atoms with E-state index in [1.165, 1.54) is 0 Å². The van der Waals surface area contributed by atoms with Crippen LogP contribution >= 0.6 is 33.2 Å². The summed E-state index contributed by atoms with van der Waals surface area (Å²) in [6.07, 6.45) is 6.16. The summed E-state index contributed by atoms with van der Waals surface area (Å²) in [5.41, 5.74) is 2.61. The third-order valence-corrected chi connectivity index (χ3v) is 7.68. The van der Waals surface area contributed by atoms with Crippen molar-refractivity contribution in [1.82, 2.24) is 9.80 Å². The predicted octanol–water partition coefficient (Wildman–Crippen LogP) is 6.49. The van der Waals surface area contributed by atoms with Gasteiger partial charge in [0.1, 0.15) is 23.7 Å². The van der Waals surface area contributed by atoms with E-state index in [4.69, 9.17) is 37.4 Å². The first-order valence-corrected chi connectivity index (χ1v) is 16.1. The van der Waals surface area contributed by atoms with Gasteiger partial charge in [0.05, 0.1) is 23.2 Å². The number of methoxy groups -OCH3 is 1. The number of hydrogen-bond donors (Lipinski definition) is 0. The molecule has 6 nitrogen and oxygen atoms in total. The topological polar surface area (TPSA) is 51.2 Å². The molecule has 0 N–H and O–H groups in total. The summed E-state index contributed by atoms with van der Waals surface area (Å²) in [5.74, 6) is 4.64. The number of halogens is 2. The van der Waals surface area contributed by atoms with Gasteiger partial charge in [-0.05, 0) is 63.0 Å². The van der Waals surface area contributed by atoms with Gasteiger partial charge in [0.15, 0.2) is 0 Å². The molecule has 0 saturated carbocycles. The van der Waals surface area contributed by atoms with Gasteiger partial charge in [0.25, 0.3) is 0 Å². The van der Waals surface area contributed by atoms with Crippen LogP contribution in [0.4, 0.5) is 4.79 Å². The first kappa shape index (κ1) is 28.8. The van der Waals surface area contributed by atoms with E-state index in [1.807, 2.05) is 39.0 Å². The van der Waals surface area contributed by atoms with Crippen LogP contribution in [0.15, 0.2) is 24.3 Å². The van der Waals surface area contributed by atoms with E-state index >= 15 is 0 Å². The molecule has 0 aliphatic carbocycles. The molecule has 2 heterocycles. The minimum Gasteiger partial charge on any atom is -0.496 e. The number of amides is 1. The Kier molecular flexibility index (Phi) is 8.40. The molecule has 0 spiro atoms. The number of carbonyl (C=O) groups excluding carboxylic acids is 1. The van der Waals surface area contributed by atoms with Crippen molar-refractivity contribution in [3.63, 3.8) is 0 Å². The molecule has 0 bridgehead atoms. The first-order valence-electron chi connectivity index (χ1n) is 12.5. The van der Waals surface area contributed by atoms with Gasteiger partial charge in [-0.25, -0.2) is 4.79 Å². The van der Waals surface area contributed by atoms with Gasteiger partial charge < -0.3 is 19.1 Å². The molecule has 4 rings (SSSR count). The zero-order valence-electron chi connectivity index (χ0n) is 23.1. The number of hydrogen-bond acceptors (Lipinski definition) is 5. The van der Waals surface area contributed by atoms with E-state index in [0.717, 1.165) is 11.1 Å². The molecular weight excluding hydrogens is 543 g/mol. The van der Waals surface area contributed by atoms with Gasteiger partial charge in [-0.2, -0.15) is 10.0 Å². The summed E-state index contributed by atoms with van der Waals surface area (Å²) >= 11 is 13.8. The van der Waals surface area contributed by atoms with Crippen molar-refractivity contribution in [2.24, 2.45) is 0 Å². The third kappa shape index (κ3) is 6.48. The van der Waals surface area contributed by atoms with Crippen molar-refractivity contribution in [2.45, 2.75) is 39.0 Å².